The van der Waals surface area contributed by atoms with Gasteiger partial charge in [-0.3, -0.25) is 4.79 Å². The van der Waals surface area contributed by atoms with Crippen LogP contribution in [0.4, 0.5) is 4.39 Å². The van der Waals surface area contributed by atoms with Gasteiger partial charge in [0.05, 0.1) is 23.7 Å². The summed E-state index contributed by atoms with van der Waals surface area (Å²) < 4.78 is 52.6. The molecule has 0 radical (unpaired) electrons. The Balaban J connectivity index is 1.47. The lowest BCUT2D eigenvalue weighted by Gasteiger charge is -2.34. The van der Waals surface area contributed by atoms with E-state index in [2.05, 4.69) is 0 Å². The van der Waals surface area contributed by atoms with E-state index in [0.29, 0.717) is 24.7 Å². The molecule has 0 aromatic heterocycles. The fraction of sp³-hybridized carbons (Fsp3) is 0.350. The fourth-order valence-electron chi connectivity index (χ4n) is 3.42. The zero-order chi connectivity index (χ0) is 21.3. The number of ether oxygens (including phenoxy) is 2. The highest BCUT2D eigenvalue weighted by Gasteiger charge is 2.32. The molecule has 0 unspecified atom stereocenters. The molecular weight excluding hydrogens is 435 g/mol. The molecule has 4 rings (SSSR count). The molecule has 0 aliphatic carbocycles. The van der Waals surface area contributed by atoms with Crippen molar-refractivity contribution in [3.05, 3.63) is 52.8 Å². The van der Waals surface area contributed by atoms with Gasteiger partial charge in [-0.2, -0.15) is 4.31 Å². The predicted octanol–water partition coefficient (Wildman–Crippen LogP) is 2.79. The SMILES string of the molecule is O=C(c1ccc(Cl)cc1F)N1CCN(S(=O)(=O)c2ccc3c(c2)OCCCO3)CC1. The van der Waals surface area contributed by atoms with Crippen LogP contribution in [0.15, 0.2) is 41.3 Å². The number of benzene rings is 2. The van der Waals surface area contributed by atoms with Gasteiger partial charge >= 0.3 is 0 Å². The maximum absolute atomic E-state index is 14.0. The monoisotopic (exact) mass is 454 g/mol. The third kappa shape index (κ3) is 4.10. The number of rotatable bonds is 3. The summed E-state index contributed by atoms with van der Waals surface area (Å²) in [7, 11) is -3.77. The maximum atomic E-state index is 14.0. The summed E-state index contributed by atoms with van der Waals surface area (Å²) in [6.45, 7) is 1.51. The number of nitrogens with zero attached hydrogens (tertiary/aromatic N) is 2. The minimum absolute atomic E-state index is 0.0846. The van der Waals surface area contributed by atoms with Gasteiger partial charge in [-0.15, -0.1) is 0 Å². The summed E-state index contributed by atoms with van der Waals surface area (Å²) in [6, 6.07) is 8.42. The average molecular weight is 455 g/mol. The summed E-state index contributed by atoms with van der Waals surface area (Å²) in [5.74, 6) is -0.265. The van der Waals surface area contributed by atoms with Crippen molar-refractivity contribution in [2.45, 2.75) is 11.3 Å². The van der Waals surface area contributed by atoms with Crippen molar-refractivity contribution >= 4 is 27.5 Å². The molecule has 1 fully saturated rings. The van der Waals surface area contributed by atoms with E-state index in [9.17, 15) is 17.6 Å². The Morgan fingerprint density at radius 3 is 2.37 bits per heavy atom. The van der Waals surface area contributed by atoms with Crippen molar-refractivity contribution in [1.29, 1.82) is 0 Å². The number of piperazine rings is 1. The largest absolute Gasteiger partial charge is 0.490 e. The Morgan fingerprint density at radius 1 is 0.967 bits per heavy atom. The molecule has 0 atom stereocenters. The van der Waals surface area contributed by atoms with Crippen LogP contribution in [-0.4, -0.2) is 62.9 Å². The zero-order valence-corrected chi connectivity index (χ0v) is 17.6. The van der Waals surface area contributed by atoms with E-state index in [-0.39, 0.29) is 41.7 Å². The molecular formula is C20H20ClFN2O5S. The molecule has 0 bridgehead atoms. The number of halogens is 2. The molecule has 2 aliphatic heterocycles. The summed E-state index contributed by atoms with van der Waals surface area (Å²) in [4.78, 5) is 14.1. The first-order chi connectivity index (χ1) is 14.4. The van der Waals surface area contributed by atoms with E-state index in [0.717, 1.165) is 12.5 Å². The van der Waals surface area contributed by atoms with Crippen LogP contribution >= 0.6 is 11.6 Å². The van der Waals surface area contributed by atoms with Crippen molar-refractivity contribution in [3.8, 4) is 11.5 Å². The van der Waals surface area contributed by atoms with E-state index in [4.69, 9.17) is 21.1 Å². The summed E-state index contributed by atoms with van der Waals surface area (Å²) in [5, 5.41) is 0.204. The Kier molecular flexibility index (Phi) is 5.86. The first kappa shape index (κ1) is 20.9. The summed E-state index contributed by atoms with van der Waals surface area (Å²) in [6.07, 6.45) is 0.723. The topological polar surface area (TPSA) is 76.2 Å². The smallest absolute Gasteiger partial charge is 0.256 e. The van der Waals surface area contributed by atoms with Crippen molar-refractivity contribution < 1.29 is 27.1 Å². The van der Waals surface area contributed by atoms with Gasteiger partial charge in [-0.25, -0.2) is 12.8 Å². The molecule has 160 valence electrons. The van der Waals surface area contributed by atoms with Gasteiger partial charge < -0.3 is 14.4 Å². The van der Waals surface area contributed by atoms with Crippen LogP contribution in [0.5, 0.6) is 11.5 Å². The van der Waals surface area contributed by atoms with E-state index >= 15 is 0 Å². The highest BCUT2D eigenvalue weighted by atomic mass is 35.5. The lowest BCUT2D eigenvalue weighted by atomic mass is 10.1. The van der Waals surface area contributed by atoms with Crippen molar-refractivity contribution in [2.75, 3.05) is 39.4 Å². The number of carbonyl (C=O) groups excluding carboxylic acids is 1. The number of hydrogen-bond acceptors (Lipinski definition) is 5. The minimum atomic E-state index is -3.77. The zero-order valence-electron chi connectivity index (χ0n) is 16.0. The average Bonchev–Trinajstić information content (AvgIpc) is 2.98. The van der Waals surface area contributed by atoms with Crippen LogP contribution in [0.2, 0.25) is 5.02 Å². The highest BCUT2D eigenvalue weighted by molar-refractivity contribution is 7.89. The number of sulfonamides is 1. The summed E-state index contributed by atoms with van der Waals surface area (Å²) >= 11 is 5.73. The van der Waals surface area contributed by atoms with E-state index < -0.39 is 21.7 Å². The van der Waals surface area contributed by atoms with Crippen molar-refractivity contribution in [1.82, 2.24) is 9.21 Å². The van der Waals surface area contributed by atoms with Gasteiger partial charge in [-0.05, 0) is 30.3 Å². The number of fused-ring (bicyclic) bond motifs is 1. The number of amides is 1. The second-order valence-corrected chi connectivity index (χ2v) is 9.35. The molecule has 0 saturated carbocycles. The van der Waals surface area contributed by atoms with Crippen LogP contribution in [0.1, 0.15) is 16.8 Å². The van der Waals surface area contributed by atoms with Crippen molar-refractivity contribution in [3.63, 3.8) is 0 Å². The first-order valence-electron chi connectivity index (χ1n) is 9.50. The van der Waals surface area contributed by atoms with Gasteiger partial charge in [0.15, 0.2) is 11.5 Å². The molecule has 2 aromatic rings. The molecule has 1 saturated heterocycles. The van der Waals surface area contributed by atoms with Crippen LogP contribution in [-0.2, 0) is 10.0 Å². The van der Waals surface area contributed by atoms with Crippen LogP contribution in [0.25, 0.3) is 0 Å². The fourth-order valence-corrected chi connectivity index (χ4v) is 5.01. The molecule has 0 N–H and O–H groups in total. The molecule has 1 amide bonds. The van der Waals surface area contributed by atoms with E-state index in [1.807, 2.05) is 0 Å². The van der Waals surface area contributed by atoms with E-state index in [1.54, 1.807) is 6.07 Å². The molecule has 2 heterocycles. The van der Waals surface area contributed by atoms with E-state index in [1.165, 1.54) is 33.5 Å². The number of carbonyl (C=O) groups is 1. The second kappa shape index (κ2) is 8.41. The lowest BCUT2D eigenvalue weighted by molar-refractivity contribution is 0.0693. The molecule has 7 nitrogen and oxygen atoms in total. The Bertz CT molecular complexity index is 1070. The lowest BCUT2D eigenvalue weighted by Crippen LogP contribution is -2.50. The third-order valence-electron chi connectivity index (χ3n) is 5.04. The van der Waals surface area contributed by atoms with Gasteiger partial charge in [0.25, 0.3) is 5.91 Å². The van der Waals surface area contributed by atoms with Gasteiger partial charge in [0.1, 0.15) is 5.82 Å². The first-order valence-corrected chi connectivity index (χ1v) is 11.3. The molecule has 2 aromatic carbocycles. The maximum Gasteiger partial charge on any atom is 0.256 e. The Labute approximate surface area is 179 Å². The van der Waals surface area contributed by atoms with Gasteiger partial charge in [-0.1, -0.05) is 11.6 Å². The quantitative estimate of drug-likeness (QED) is 0.712. The highest BCUT2D eigenvalue weighted by Crippen LogP contribution is 2.33. The molecule has 10 heteroatoms. The molecule has 0 spiro atoms. The van der Waals surface area contributed by atoms with Crippen LogP contribution in [0.3, 0.4) is 0 Å². The summed E-state index contributed by atoms with van der Waals surface area (Å²) in [5.41, 5.74) is -0.0846. The van der Waals surface area contributed by atoms with Crippen LogP contribution < -0.4 is 9.47 Å². The van der Waals surface area contributed by atoms with Crippen molar-refractivity contribution in [2.24, 2.45) is 0 Å². The predicted molar refractivity (Wildman–Crippen MR) is 108 cm³/mol. The van der Waals surface area contributed by atoms with Gasteiger partial charge in [0.2, 0.25) is 10.0 Å². The number of hydrogen-bond donors (Lipinski definition) is 0. The Morgan fingerprint density at radius 2 is 1.67 bits per heavy atom. The molecule has 30 heavy (non-hydrogen) atoms. The second-order valence-electron chi connectivity index (χ2n) is 6.98. The van der Waals surface area contributed by atoms with Gasteiger partial charge in [0, 0.05) is 43.7 Å². The Hall–Kier alpha value is -2.36. The third-order valence-corrected chi connectivity index (χ3v) is 7.17. The standard InChI is InChI=1S/C20H20ClFN2O5S/c21-14-2-4-16(17(22)12-14)20(25)23-6-8-24(9-7-23)30(26,27)15-3-5-18-19(13-15)29-11-1-10-28-18/h2-5,12-13H,1,6-11H2. The van der Waals surface area contributed by atoms with Crippen LogP contribution in [0, 0.1) is 5.82 Å². The molecule has 2 aliphatic rings. The minimum Gasteiger partial charge on any atom is -0.490 e. The normalized spacial score (nSPS) is 17.5.